The zero-order chi connectivity index (χ0) is 12.8. The van der Waals surface area contributed by atoms with E-state index in [1.165, 1.54) is 7.11 Å². The summed E-state index contributed by atoms with van der Waals surface area (Å²) in [5.74, 6) is -0.159. The average molecular weight is 257 g/mol. The highest BCUT2D eigenvalue weighted by molar-refractivity contribution is 6.33. The smallest absolute Gasteiger partial charge is 0.227 e. The Morgan fingerprint density at radius 1 is 1.59 bits per heavy atom. The quantitative estimate of drug-likeness (QED) is 0.846. The molecular formula is C12H17ClN2O2. The number of methoxy groups -OCH3 is 1. The molecule has 1 atom stereocenters. The summed E-state index contributed by atoms with van der Waals surface area (Å²) in [6.07, 6.45) is -0.0452. The molecule has 1 aromatic carbocycles. The fraction of sp³-hybridized carbons (Fsp3) is 0.417. The van der Waals surface area contributed by atoms with E-state index in [1.807, 2.05) is 13.0 Å². The van der Waals surface area contributed by atoms with Crippen LogP contribution in [-0.4, -0.2) is 25.7 Å². The van der Waals surface area contributed by atoms with E-state index >= 15 is 0 Å². The minimum absolute atomic E-state index is 0.159. The Bertz CT molecular complexity index is 392. The summed E-state index contributed by atoms with van der Waals surface area (Å²) in [6.45, 7) is 2.25. The van der Waals surface area contributed by atoms with Crippen LogP contribution in [0.3, 0.4) is 0 Å². The molecule has 0 saturated carbocycles. The van der Waals surface area contributed by atoms with Gasteiger partial charge in [-0.2, -0.15) is 0 Å². The van der Waals surface area contributed by atoms with Gasteiger partial charge in [0.1, 0.15) is 0 Å². The topological polar surface area (TPSA) is 64.3 Å². The number of carbonyl (C=O) groups excluding carboxylic acids is 1. The molecule has 0 aliphatic rings. The molecule has 3 N–H and O–H groups in total. The van der Waals surface area contributed by atoms with Crippen LogP contribution in [0.2, 0.25) is 5.02 Å². The van der Waals surface area contributed by atoms with Crippen LogP contribution in [0.1, 0.15) is 12.0 Å². The van der Waals surface area contributed by atoms with E-state index in [9.17, 15) is 4.79 Å². The molecule has 0 fully saturated rings. The van der Waals surface area contributed by atoms with Crippen LogP contribution in [0.15, 0.2) is 18.2 Å². The first-order valence-electron chi connectivity index (χ1n) is 5.35. The number of hydrogen-bond acceptors (Lipinski definition) is 3. The first-order chi connectivity index (χ1) is 8.06. The number of amides is 1. The summed E-state index contributed by atoms with van der Waals surface area (Å²) >= 11 is 6.01. The summed E-state index contributed by atoms with van der Waals surface area (Å²) in [4.78, 5) is 11.7. The lowest BCUT2D eigenvalue weighted by Gasteiger charge is -2.13. The second kappa shape index (κ2) is 6.59. The normalized spacial score (nSPS) is 12.2. The van der Waals surface area contributed by atoms with Crippen molar-refractivity contribution in [1.82, 2.24) is 0 Å². The molecule has 0 saturated heterocycles. The third-order valence-corrected chi connectivity index (χ3v) is 2.72. The van der Waals surface area contributed by atoms with Crippen molar-refractivity contribution in [2.24, 2.45) is 5.73 Å². The molecular weight excluding hydrogens is 240 g/mol. The van der Waals surface area contributed by atoms with Crippen molar-refractivity contribution in [3.63, 3.8) is 0 Å². The SMILES string of the molecule is COC(CN)CC(=O)Nc1ccc(C)cc1Cl. The largest absolute Gasteiger partial charge is 0.380 e. The maximum Gasteiger partial charge on any atom is 0.227 e. The molecule has 0 aliphatic heterocycles. The molecule has 94 valence electrons. The highest BCUT2D eigenvalue weighted by atomic mass is 35.5. The van der Waals surface area contributed by atoms with Crippen LogP contribution in [0.25, 0.3) is 0 Å². The highest BCUT2D eigenvalue weighted by Gasteiger charge is 2.12. The summed E-state index contributed by atoms with van der Waals surface area (Å²) in [6, 6.07) is 5.46. The van der Waals surface area contributed by atoms with E-state index in [0.29, 0.717) is 17.3 Å². The molecule has 0 aromatic heterocycles. The van der Waals surface area contributed by atoms with Gasteiger partial charge in [-0.05, 0) is 24.6 Å². The van der Waals surface area contributed by atoms with Gasteiger partial charge in [0.15, 0.2) is 0 Å². The van der Waals surface area contributed by atoms with E-state index in [-0.39, 0.29) is 18.4 Å². The lowest BCUT2D eigenvalue weighted by atomic mass is 10.2. The number of benzene rings is 1. The van der Waals surface area contributed by atoms with Crippen LogP contribution in [0.5, 0.6) is 0 Å². The minimum Gasteiger partial charge on any atom is -0.380 e. The first-order valence-corrected chi connectivity index (χ1v) is 5.73. The Morgan fingerprint density at radius 3 is 2.82 bits per heavy atom. The highest BCUT2D eigenvalue weighted by Crippen LogP contribution is 2.22. The van der Waals surface area contributed by atoms with Gasteiger partial charge in [0.25, 0.3) is 0 Å². The van der Waals surface area contributed by atoms with Crippen molar-refractivity contribution in [1.29, 1.82) is 0 Å². The van der Waals surface area contributed by atoms with E-state index < -0.39 is 0 Å². The van der Waals surface area contributed by atoms with Gasteiger partial charge in [-0.15, -0.1) is 0 Å². The Labute approximate surface area is 106 Å². The number of aryl methyl sites for hydroxylation is 1. The van der Waals surface area contributed by atoms with Crippen molar-refractivity contribution in [3.8, 4) is 0 Å². The van der Waals surface area contributed by atoms with Gasteiger partial charge in [0.2, 0.25) is 5.91 Å². The number of carbonyl (C=O) groups is 1. The van der Waals surface area contributed by atoms with Crippen molar-refractivity contribution in [3.05, 3.63) is 28.8 Å². The molecule has 1 rings (SSSR count). The molecule has 0 heterocycles. The molecule has 1 amide bonds. The monoisotopic (exact) mass is 256 g/mol. The first kappa shape index (κ1) is 14.0. The minimum atomic E-state index is -0.265. The predicted molar refractivity (Wildman–Crippen MR) is 69.3 cm³/mol. The Balaban J connectivity index is 2.62. The zero-order valence-corrected chi connectivity index (χ0v) is 10.8. The summed E-state index contributed by atoms with van der Waals surface area (Å²) in [7, 11) is 1.53. The number of anilines is 1. The Kier molecular flexibility index (Phi) is 5.41. The fourth-order valence-electron chi connectivity index (χ4n) is 1.39. The van der Waals surface area contributed by atoms with E-state index in [0.717, 1.165) is 5.56 Å². The molecule has 0 radical (unpaired) electrons. The molecule has 1 aromatic rings. The summed E-state index contributed by atoms with van der Waals surface area (Å²) < 4.78 is 5.04. The second-order valence-corrected chi connectivity index (χ2v) is 4.24. The van der Waals surface area contributed by atoms with E-state index in [4.69, 9.17) is 22.1 Å². The Morgan fingerprint density at radius 2 is 2.29 bits per heavy atom. The number of rotatable bonds is 5. The van der Waals surface area contributed by atoms with Crippen LogP contribution in [-0.2, 0) is 9.53 Å². The van der Waals surface area contributed by atoms with Gasteiger partial charge in [-0.1, -0.05) is 17.7 Å². The van der Waals surface area contributed by atoms with Crippen LogP contribution >= 0.6 is 11.6 Å². The molecule has 5 heteroatoms. The zero-order valence-electron chi connectivity index (χ0n) is 10.00. The lowest BCUT2D eigenvalue weighted by Crippen LogP contribution is -2.28. The van der Waals surface area contributed by atoms with Gasteiger partial charge in [0, 0.05) is 13.7 Å². The van der Waals surface area contributed by atoms with E-state index in [1.54, 1.807) is 12.1 Å². The summed E-state index contributed by atoms with van der Waals surface area (Å²) in [5, 5.41) is 3.26. The van der Waals surface area contributed by atoms with Crippen molar-refractivity contribution in [2.45, 2.75) is 19.4 Å². The average Bonchev–Trinajstić information content (AvgIpc) is 2.29. The van der Waals surface area contributed by atoms with Crippen molar-refractivity contribution >= 4 is 23.2 Å². The van der Waals surface area contributed by atoms with Crippen LogP contribution in [0, 0.1) is 6.92 Å². The Hall–Kier alpha value is -1.10. The molecule has 0 bridgehead atoms. The number of nitrogens with one attached hydrogen (secondary N) is 1. The number of halogens is 1. The maximum absolute atomic E-state index is 11.7. The van der Waals surface area contributed by atoms with Gasteiger partial charge < -0.3 is 15.8 Å². The molecule has 0 aliphatic carbocycles. The fourth-order valence-corrected chi connectivity index (χ4v) is 1.67. The third-order valence-electron chi connectivity index (χ3n) is 2.41. The second-order valence-electron chi connectivity index (χ2n) is 3.83. The standard InChI is InChI=1S/C12H17ClN2O2/c1-8-3-4-11(10(13)5-8)15-12(16)6-9(7-14)17-2/h3-5,9H,6-7,14H2,1-2H3,(H,15,16). The summed E-state index contributed by atoms with van der Waals surface area (Å²) in [5.41, 5.74) is 7.10. The number of ether oxygens (including phenoxy) is 1. The van der Waals surface area contributed by atoms with Gasteiger partial charge in [-0.3, -0.25) is 4.79 Å². The van der Waals surface area contributed by atoms with Gasteiger partial charge in [-0.25, -0.2) is 0 Å². The number of nitrogens with two attached hydrogens (primary N) is 1. The number of hydrogen-bond donors (Lipinski definition) is 2. The molecule has 17 heavy (non-hydrogen) atoms. The maximum atomic E-state index is 11.7. The van der Waals surface area contributed by atoms with Gasteiger partial charge in [0.05, 0.1) is 23.2 Å². The molecule has 0 spiro atoms. The molecule has 1 unspecified atom stereocenters. The van der Waals surface area contributed by atoms with Crippen LogP contribution in [0.4, 0.5) is 5.69 Å². The predicted octanol–water partition coefficient (Wildman–Crippen LogP) is 1.95. The van der Waals surface area contributed by atoms with Gasteiger partial charge >= 0.3 is 0 Å². The van der Waals surface area contributed by atoms with Crippen molar-refractivity contribution in [2.75, 3.05) is 19.0 Å². The third kappa shape index (κ3) is 4.34. The van der Waals surface area contributed by atoms with Crippen molar-refractivity contribution < 1.29 is 9.53 Å². The van der Waals surface area contributed by atoms with E-state index in [2.05, 4.69) is 5.32 Å². The lowest BCUT2D eigenvalue weighted by molar-refractivity contribution is -0.118. The molecule has 4 nitrogen and oxygen atoms in total. The van der Waals surface area contributed by atoms with Crippen LogP contribution < -0.4 is 11.1 Å².